The predicted molar refractivity (Wildman–Crippen MR) is 63.6 cm³/mol. The standard InChI is InChI=1S/C12H17FN2O/c1-2-3-4-5-12(16)15-9-6-7-10(13)11(14)8-9/h6-8H,2-5,14H2,1H3,(H,15,16). The van der Waals surface area contributed by atoms with E-state index in [1.807, 2.05) is 0 Å². The van der Waals surface area contributed by atoms with Crippen molar-refractivity contribution in [2.24, 2.45) is 0 Å². The summed E-state index contributed by atoms with van der Waals surface area (Å²) in [6.07, 6.45) is 3.49. The van der Waals surface area contributed by atoms with Crippen LogP contribution in [0.5, 0.6) is 0 Å². The van der Waals surface area contributed by atoms with E-state index in [-0.39, 0.29) is 11.6 Å². The Morgan fingerprint density at radius 3 is 2.81 bits per heavy atom. The van der Waals surface area contributed by atoms with E-state index in [1.54, 1.807) is 0 Å². The van der Waals surface area contributed by atoms with Crippen LogP contribution in [0.1, 0.15) is 32.6 Å². The average Bonchev–Trinajstić information content (AvgIpc) is 2.24. The van der Waals surface area contributed by atoms with Gasteiger partial charge in [0.15, 0.2) is 0 Å². The third-order valence-electron chi connectivity index (χ3n) is 2.29. The molecule has 0 spiro atoms. The van der Waals surface area contributed by atoms with E-state index in [9.17, 15) is 9.18 Å². The highest BCUT2D eigenvalue weighted by molar-refractivity contribution is 5.91. The third kappa shape index (κ3) is 3.88. The van der Waals surface area contributed by atoms with Gasteiger partial charge in [-0.25, -0.2) is 4.39 Å². The second-order valence-corrected chi connectivity index (χ2v) is 3.74. The Kier molecular flexibility index (Phi) is 4.76. The first kappa shape index (κ1) is 12.5. The molecule has 0 aliphatic carbocycles. The van der Waals surface area contributed by atoms with Crippen molar-refractivity contribution >= 4 is 17.3 Å². The number of halogens is 1. The van der Waals surface area contributed by atoms with Crippen LogP contribution < -0.4 is 11.1 Å². The van der Waals surface area contributed by atoms with Gasteiger partial charge in [0.05, 0.1) is 5.69 Å². The maximum absolute atomic E-state index is 12.8. The number of nitrogens with two attached hydrogens (primary N) is 1. The van der Waals surface area contributed by atoms with E-state index < -0.39 is 5.82 Å². The van der Waals surface area contributed by atoms with Gasteiger partial charge in [-0.2, -0.15) is 0 Å². The molecule has 0 bridgehead atoms. The molecule has 0 saturated heterocycles. The summed E-state index contributed by atoms with van der Waals surface area (Å²) in [6, 6.07) is 4.17. The highest BCUT2D eigenvalue weighted by atomic mass is 19.1. The fourth-order valence-electron chi connectivity index (χ4n) is 1.38. The summed E-state index contributed by atoms with van der Waals surface area (Å²) in [5.74, 6) is -0.525. The van der Waals surface area contributed by atoms with Crippen LogP contribution in [0.4, 0.5) is 15.8 Å². The summed E-state index contributed by atoms with van der Waals surface area (Å²) < 4.78 is 12.8. The van der Waals surface area contributed by atoms with Gasteiger partial charge in [0.25, 0.3) is 0 Å². The molecule has 0 saturated carbocycles. The number of nitrogen functional groups attached to an aromatic ring is 1. The van der Waals surface area contributed by atoms with Crippen LogP contribution in [0.25, 0.3) is 0 Å². The Hall–Kier alpha value is -1.58. The number of amides is 1. The van der Waals surface area contributed by atoms with Crippen molar-refractivity contribution in [3.05, 3.63) is 24.0 Å². The van der Waals surface area contributed by atoms with E-state index in [1.165, 1.54) is 18.2 Å². The normalized spacial score (nSPS) is 10.1. The van der Waals surface area contributed by atoms with E-state index in [4.69, 9.17) is 5.73 Å². The molecule has 1 rings (SSSR count). The molecular formula is C12H17FN2O. The monoisotopic (exact) mass is 224 g/mol. The van der Waals surface area contributed by atoms with Gasteiger partial charge in [0, 0.05) is 12.1 Å². The second-order valence-electron chi connectivity index (χ2n) is 3.74. The zero-order valence-electron chi connectivity index (χ0n) is 9.42. The predicted octanol–water partition coefficient (Wildman–Crippen LogP) is 2.93. The molecule has 3 nitrogen and oxygen atoms in total. The molecule has 4 heteroatoms. The lowest BCUT2D eigenvalue weighted by Gasteiger charge is -2.06. The summed E-state index contributed by atoms with van der Waals surface area (Å²) >= 11 is 0. The highest BCUT2D eigenvalue weighted by Crippen LogP contribution is 2.16. The van der Waals surface area contributed by atoms with E-state index in [0.29, 0.717) is 12.1 Å². The molecule has 0 aromatic heterocycles. The average molecular weight is 224 g/mol. The summed E-state index contributed by atoms with van der Waals surface area (Å²) in [4.78, 5) is 11.4. The fraction of sp³-hybridized carbons (Fsp3) is 0.417. The zero-order valence-corrected chi connectivity index (χ0v) is 9.42. The summed E-state index contributed by atoms with van der Waals surface area (Å²) in [7, 11) is 0. The molecule has 16 heavy (non-hydrogen) atoms. The Labute approximate surface area is 94.8 Å². The molecule has 0 heterocycles. The minimum atomic E-state index is -0.469. The minimum absolute atomic E-state index is 0.0476. The van der Waals surface area contributed by atoms with Crippen molar-refractivity contribution in [2.45, 2.75) is 32.6 Å². The van der Waals surface area contributed by atoms with Gasteiger partial charge in [-0.3, -0.25) is 4.79 Å². The molecule has 0 fully saturated rings. The quantitative estimate of drug-likeness (QED) is 0.596. The van der Waals surface area contributed by atoms with Crippen LogP contribution in [0.3, 0.4) is 0 Å². The molecule has 0 unspecified atom stereocenters. The summed E-state index contributed by atoms with van der Waals surface area (Å²) in [5.41, 5.74) is 5.98. The van der Waals surface area contributed by atoms with Gasteiger partial charge in [-0.05, 0) is 24.6 Å². The SMILES string of the molecule is CCCCCC(=O)Nc1ccc(F)c(N)c1. The smallest absolute Gasteiger partial charge is 0.224 e. The van der Waals surface area contributed by atoms with Crippen molar-refractivity contribution in [1.29, 1.82) is 0 Å². The molecular weight excluding hydrogens is 207 g/mol. The first-order chi connectivity index (χ1) is 7.63. The number of anilines is 2. The van der Waals surface area contributed by atoms with Crippen molar-refractivity contribution in [2.75, 3.05) is 11.1 Å². The number of nitrogens with one attached hydrogen (secondary N) is 1. The summed E-state index contributed by atoms with van der Waals surface area (Å²) in [6.45, 7) is 2.08. The van der Waals surface area contributed by atoms with Crippen LogP contribution in [0, 0.1) is 5.82 Å². The van der Waals surface area contributed by atoms with E-state index in [0.717, 1.165) is 19.3 Å². The molecule has 1 aromatic rings. The topological polar surface area (TPSA) is 55.1 Å². The highest BCUT2D eigenvalue weighted by Gasteiger charge is 2.04. The van der Waals surface area contributed by atoms with Gasteiger partial charge in [-0.15, -0.1) is 0 Å². The van der Waals surface area contributed by atoms with Gasteiger partial charge < -0.3 is 11.1 Å². The molecule has 88 valence electrons. The molecule has 0 radical (unpaired) electrons. The van der Waals surface area contributed by atoms with E-state index >= 15 is 0 Å². The molecule has 1 aromatic carbocycles. The zero-order chi connectivity index (χ0) is 12.0. The third-order valence-corrected chi connectivity index (χ3v) is 2.29. The Balaban J connectivity index is 2.46. The number of carbonyl (C=O) groups is 1. The number of hydrogen-bond acceptors (Lipinski definition) is 2. The molecule has 3 N–H and O–H groups in total. The lowest BCUT2D eigenvalue weighted by atomic mass is 10.2. The van der Waals surface area contributed by atoms with Gasteiger partial charge >= 0.3 is 0 Å². The van der Waals surface area contributed by atoms with Crippen LogP contribution in [-0.4, -0.2) is 5.91 Å². The lowest BCUT2D eigenvalue weighted by Crippen LogP contribution is -2.11. The summed E-state index contributed by atoms with van der Waals surface area (Å²) in [5, 5.41) is 2.68. The number of rotatable bonds is 5. The molecule has 0 aliphatic rings. The second kappa shape index (κ2) is 6.10. The number of hydrogen-bond donors (Lipinski definition) is 2. The number of carbonyl (C=O) groups excluding carboxylic acids is 1. The molecule has 1 amide bonds. The number of benzene rings is 1. The fourth-order valence-corrected chi connectivity index (χ4v) is 1.38. The maximum Gasteiger partial charge on any atom is 0.224 e. The minimum Gasteiger partial charge on any atom is -0.396 e. The molecule has 0 aliphatic heterocycles. The Morgan fingerprint density at radius 2 is 2.19 bits per heavy atom. The van der Waals surface area contributed by atoms with Crippen molar-refractivity contribution in [3.8, 4) is 0 Å². The van der Waals surface area contributed by atoms with Gasteiger partial charge in [0.1, 0.15) is 5.82 Å². The van der Waals surface area contributed by atoms with Crippen LogP contribution in [-0.2, 0) is 4.79 Å². The van der Waals surface area contributed by atoms with Crippen molar-refractivity contribution in [1.82, 2.24) is 0 Å². The lowest BCUT2D eigenvalue weighted by molar-refractivity contribution is -0.116. The van der Waals surface area contributed by atoms with Crippen LogP contribution >= 0.6 is 0 Å². The van der Waals surface area contributed by atoms with Crippen molar-refractivity contribution < 1.29 is 9.18 Å². The Bertz CT molecular complexity index is 366. The molecule has 0 atom stereocenters. The van der Waals surface area contributed by atoms with Gasteiger partial charge in [-0.1, -0.05) is 19.8 Å². The van der Waals surface area contributed by atoms with E-state index in [2.05, 4.69) is 12.2 Å². The first-order valence-electron chi connectivity index (χ1n) is 5.48. The van der Waals surface area contributed by atoms with Crippen molar-refractivity contribution in [3.63, 3.8) is 0 Å². The largest absolute Gasteiger partial charge is 0.396 e. The van der Waals surface area contributed by atoms with Gasteiger partial charge in [0.2, 0.25) is 5.91 Å². The Morgan fingerprint density at radius 1 is 1.44 bits per heavy atom. The number of unbranched alkanes of at least 4 members (excludes halogenated alkanes) is 2. The van der Waals surface area contributed by atoms with Crippen LogP contribution in [0.15, 0.2) is 18.2 Å². The maximum atomic E-state index is 12.8. The van der Waals surface area contributed by atoms with Crippen LogP contribution in [0.2, 0.25) is 0 Å². The first-order valence-corrected chi connectivity index (χ1v) is 5.48.